The Morgan fingerprint density at radius 3 is 2.83 bits per heavy atom. The summed E-state index contributed by atoms with van der Waals surface area (Å²) in [7, 11) is 0. The van der Waals surface area contributed by atoms with Crippen molar-refractivity contribution in [1.29, 1.82) is 0 Å². The zero-order valence-corrected chi connectivity index (χ0v) is 16.2. The molecule has 3 aromatic heterocycles. The second-order valence-corrected chi connectivity index (χ2v) is 6.90. The minimum atomic E-state index is -0.239. The van der Waals surface area contributed by atoms with Gasteiger partial charge in [-0.25, -0.2) is 19.5 Å². The summed E-state index contributed by atoms with van der Waals surface area (Å²) in [5.74, 6) is 7.25. The van der Waals surface area contributed by atoms with Gasteiger partial charge in [0.1, 0.15) is 5.82 Å². The second kappa shape index (κ2) is 9.15. The van der Waals surface area contributed by atoms with Crippen molar-refractivity contribution >= 4 is 17.4 Å². The minimum Gasteiger partial charge on any atom is -0.356 e. The molecular weight excluding hydrogens is 366 g/mol. The maximum Gasteiger partial charge on any atom is 0.271 e. The van der Waals surface area contributed by atoms with Gasteiger partial charge in [-0.2, -0.15) is 5.10 Å². The van der Waals surface area contributed by atoms with Crippen molar-refractivity contribution in [2.45, 2.75) is 32.1 Å². The van der Waals surface area contributed by atoms with Crippen LogP contribution in [0.4, 0.5) is 5.82 Å². The summed E-state index contributed by atoms with van der Waals surface area (Å²) in [6.07, 6.45) is 10.7. The lowest BCUT2D eigenvalue weighted by atomic mass is 10.2. The van der Waals surface area contributed by atoms with E-state index in [0.717, 1.165) is 18.9 Å². The summed E-state index contributed by atoms with van der Waals surface area (Å²) in [5.41, 5.74) is 0.976. The second-order valence-electron chi connectivity index (χ2n) is 6.90. The molecule has 0 aliphatic carbocycles. The molecule has 8 heteroatoms. The molecule has 1 N–H and O–H groups in total. The van der Waals surface area contributed by atoms with Gasteiger partial charge in [-0.15, -0.1) is 0 Å². The van der Waals surface area contributed by atoms with Crippen molar-refractivity contribution in [3.63, 3.8) is 0 Å². The fraction of sp³-hybridized carbons (Fsp3) is 0.381. The third-order valence-electron chi connectivity index (χ3n) is 4.78. The van der Waals surface area contributed by atoms with Crippen LogP contribution in [0.5, 0.6) is 0 Å². The van der Waals surface area contributed by atoms with Gasteiger partial charge >= 0.3 is 0 Å². The molecule has 0 bridgehead atoms. The van der Waals surface area contributed by atoms with Gasteiger partial charge in [0, 0.05) is 50.7 Å². The molecule has 4 heterocycles. The average molecular weight is 389 g/mol. The average Bonchev–Trinajstić information content (AvgIpc) is 3.00. The van der Waals surface area contributed by atoms with E-state index in [1.165, 1.54) is 25.7 Å². The Morgan fingerprint density at radius 1 is 1.14 bits per heavy atom. The Kier molecular flexibility index (Phi) is 5.95. The summed E-state index contributed by atoms with van der Waals surface area (Å²) < 4.78 is 1.57. The summed E-state index contributed by atoms with van der Waals surface area (Å²) in [6, 6.07) is 5.37. The molecule has 0 aromatic carbocycles. The zero-order chi connectivity index (χ0) is 19.9. The molecular formula is C21H23N7O. The fourth-order valence-corrected chi connectivity index (χ4v) is 3.30. The quantitative estimate of drug-likeness (QED) is 0.543. The first kappa shape index (κ1) is 18.9. The number of amides is 1. The SMILES string of the molecule is O=C(NCCC#Cc1nccc(N2CCCCCC2)n1)c1cc2ncccn2n1. The number of anilines is 1. The predicted molar refractivity (Wildman–Crippen MR) is 110 cm³/mol. The van der Waals surface area contributed by atoms with Gasteiger partial charge in [-0.3, -0.25) is 4.79 Å². The van der Waals surface area contributed by atoms with Crippen LogP contribution in [-0.2, 0) is 0 Å². The molecule has 0 saturated carbocycles. The first-order chi connectivity index (χ1) is 14.3. The van der Waals surface area contributed by atoms with Gasteiger partial charge in [0.05, 0.1) is 0 Å². The van der Waals surface area contributed by atoms with Gasteiger partial charge in [0.15, 0.2) is 11.3 Å². The molecule has 148 valence electrons. The summed E-state index contributed by atoms with van der Waals surface area (Å²) in [6.45, 7) is 2.50. The molecule has 29 heavy (non-hydrogen) atoms. The first-order valence-electron chi connectivity index (χ1n) is 9.95. The van der Waals surface area contributed by atoms with Crippen LogP contribution in [0.3, 0.4) is 0 Å². The number of hydrogen-bond acceptors (Lipinski definition) is 6. The van der Waals surface area contributed by atoms with Crippen LogP contribution in [0, 0.1) is 11.8 Å². The molecule has 4 rings (SSSR count). The van der Waals surface area contributed by atoms with Crippen molar-refractivity contribution in [3.8, 4) is 11.8 Å². The summed E-state index contributed by atoms with van der Waals surface area (Å²) in [4.78, 5) is 27.5. The molecule has 1 aliphatic heterocycles. The number of nitrogens with zero attached hydrogens (tertiary/aromatic N) is 6. The van der Waals surface area contributed by atoms with Gasteiger partial charge in [0.2, 0.25) is 5.82 Å². The molecule has 8 nitrogen and oxygen atoms in total. The highest BCUT2D eigenvalue weighted by atomic mass is 16.1. The van der Waals surface area contributed by atoms with Crippen LogP contribution in [0.25, 0.3) is 5.65 Å². The molecule has 0 unspecified atom stereocenters. The van der Waals surface area contributed by atoms with E-state index in [4.69, 9.17) is 0 Å². The summed E-state index contributed by atoms with van der Waals surface area (Å²) in [5, 5.41) is 7.02. The van der Waals surface area contributed by atoms with Crippen molar-refractivity contribution in [2.24, 2.45) is 0 Å². The van der Waals surface area contributed by atoms with E-state index in [2.05, 4.69) is 42.1 Å². The lowest BCUT2D eigenvalue weighted by Gasteiger charge is -2.20. The van der Waals surface area contributed by atoms with E-state index in [9.17, 15) is 4.79 Å². The maximum atomic E-state index is 12.2. The molecule has 1 fully saturated rings. The molecule has 1 saturated heterocycles. The first-order valence-corrected chi connectivity index (χ1v) is 9.95. The van der Waals surface area contributed by atoms with E-state index in [1.807, 2.05) is 6.07 Å². The van der Waals surface area contributed by atoms with Crippen LogP contribution in [0.2, 0.25) is 0 Å². The van der Waals surface area contributed by atoms with Gasteiger partial charge in [-0.1, -0.05) is 18.8 Å². The van der Waals surface area contributed by atoms with Crippen molar-refractivity contribution in [1.82, 2.24) is 29.9 Å². The third kappa shape index (κ3) is 4.88. The number of fused-ring (bicyclic) bond motifs is 1. The lowest BCUT2D eigenvalue weighted by molar-refractivity contribution is 0.0949. The van der Waals surface area contributed by atoms with Crippen LogP contribution >= 0.6 is 0 Å². The Balaban J connectivity index is 1.30. The Labute approximate surface area is 169 Å². The summed E-state index contributed by atoms with van der Waals surface area (Å²) >= 11 is 0. The molecule has 0 radical (unpaired) electrons. The van der Waals surface area contributed by atoms with Crippen molar-refractivity contribution in [3.05, 3.63) is 48.3 Å². The smallest absolute Gasteiger partial charge is 0.271 e. The van der Waals surface area contributed by atoms with Crippen LogP contribution < -0.4 is 10.2 Å². The molecule has 0 atom stereocenters. The molecule has 3 aromatic rings. The van der Waals surface area contributed by atoms with E-state index in [1.54, 1.807) is 35.2 Å². The van der Waals surface area contributed by atoms with E-state index < -0.39 is 0 Å². The normalized spacial score (nSPS) is 14.1. The van der Waals surface area contributed by atoms with Gasteiger partial charge in [0.25, 0.3) is 5.91 Å². The lowest BCUT2D eigenvalue weighted by Crippen LogP contribution is -2.25. The Morgan fingerprint density at radius 2 is 2.00 bits per heavy atom. The standard InChI is InChI=1S/C21H23N7O/c29-21(17-16-20-23-11-7-15-28(20)26-17)24-10-4-3-8-18-22-12-9-19(25-18)27-13-5-1-2-6-14-27/h7,9,11-12,15-16H,1-2,4-6,10,13-14H2,(H,24,29). The van der Waals surface area contributed by atoms with E-state index in [0.29, 0.717) is 30.1 Å². The highest BCUT2D eigenvalue weighted by Gasteiger charge is 2.12. The monoisotopic (exact) mass is 389 g/mol. The number of rotatable bonds is 4. The number of aromatic nitrogens is 5. The maximum absolute atomic E-state index is 12.2. The number of hydrogen-bond donors (Lipinski definition) is 1. The topological polar surface area (TPSA) is 88.3 Å². The van der Waals surface area contributed by atoms with Crippen molar-refractivity contribution < 1.29 is 4.79 Å². The molecule has 1 aliphatic rings. The van der Waals surface area contributed by atoms with E-state index in [-0.39, 0.29) is 5.91 Å². The Bertz CT molecular complexity index is 1010. The zero-order valence-electron chi connectivity index (χ0n) is 16.2. The van der Waals surface area contributed by atoms with Crippen LogP contribution in [-0.4, -0.2) is 50.1 Å². The molecule has 1 amide bonds. The highest BCUT2D eigenvalue weighted by molar-refractivity contribution is 5.93. The third-order valence-corrected chi connectivity index (χ3v) is 4.78. The number of carbonyl (C=O) groups excluding carboxylic acids is 1. The fourth-order valence-electron chi connectivity index (χ4n) is 3.30. The van der Waals surface area contributed by atoms with Crippen molar-refractivity contribution in [2.75, 3.05) is 24.5 Å². The molecule has 0 spiro atoms. The van der Waals surface area contributed by atoms with Crippen LogP contribution in [0.15, 0.2) is 36.8 Å². The minimum absolute atomic E-state index is 0.239. The Hall–Kier alpha value is -3.47. The van der Waals surface area contributed by atoms with Gasteiger partial charge < -0.3 is 10.2 Å². The van der Waals surface area contributed by atoms with Crippen LogP contribution in [0.1, 0.15) is 48.4 Å². The number of nitrogens with one attached hydrogen (secondary N) is 1. The largest absolute Gasteiger partial charge is 0.356 e. The number of carbonyl (C=O) groups is 1. The predicted octanol–water partition coefficient (Wildman–Crippen LogP) is 2.07. The van der Waals surface area contributed by atoms with E-state index >= 15 is 0 Å². The highest BCUT2D eigenvalue weighted by Crippen LogP contribution is 2.16. The van der Waals surface area contributed by atoms with Gasteiger partial charge in [-0.05, 0) is 30.9 Å².